The van der Waals surface area contributed by atoms with Gasteiger partial charge in [-0.05, 0) is 25.8 Å². The van der Waals surface area contributed by atoms with E-state index < -0.39 is 0 Å². The lowest BCUT2D eigenvalue weighted by molar-refractivity contribution is 0.198. The Balaban J connectivity index is 1.80. The summed E-state index contributed by atoms with van der Waals surface area (Å²) in [6.07, 6.45) is 4.96. The van der Waals surface area contributed by atoms with E-state index in [1.165, 1.54) is 12.8 Å². The Morgan fingerprint density at radius 3 is 3.11 bits per heavy atom. The third-order valence-corrected chi connectivity index (χ3v) is 3.15. The van der Waals surface area contributed by atoms with E-state index in [0.717, 1.165) is 44.3 Å². The van der Waals surface area contributed by atoms with E-state index in [2.05, 4.69) is 25.9 Å². The minimum Gasteiger partial charge on any atom is -0.385 e. The third kappa shape index (κ3) is 5.00. The van der Waals surface area contributed by atoms with Gasteiger partial charge in [0.2, 0.25) is 0 Å². The topological polar surface area (TPSA) is 71.1 Å². The first-order valence-electron chi connectivity index (χ1n) is 6.90. The molecule has 19 heavy (non-hydrogen) atoms. The van der Waals surface area contributed by atoms with Crippen molar-refractivity contribution in [2.75, 3.05) is 44.0 Å². The fourth-order valence-electron chi connectivity index (χ4n) is 2.15. The highest BCUT2D eigenvalue weighted by molar-refractivity contribution is 5.46. The number of aromatic nitrogens is 2. The van der Waals surface area contributed by atoms with Crippen LogP contribution in [-0.4, -0.2) is 49.4 Å². The van der Waals surface area contributed by atoms with E-state index in [-0.39, 0.29) is 0 Å². The smallest absolute Gasteiger partial charge is 0.131 e. The van der Waals surface area contributed by atoms with Crippen LogP contribution in [0.1, 0.15) is 19.3 Å². The van der Waals surface area contributed by atoms with Crippen molar-refractivity contribution in [3.8, 4) is 0 Å². The normalized spacial score (nSPS) is 19.1. The Hall–Kier alpha value is -1.40. The second-order valence-corrected chi connectivity index (χ2v) is 4.75. The first-order chi connectivity index (χ1) is 9.38. The summed E-state index contributed by atoms with van der Waals surface area (Å²) < 4.78 is 5.01. The fraction of sp³-hybridized carbons (Fsp3) is 0.692. The molecule has 1 aliphatic heterocycles. The molecule has 1 aromatic heterocycles. The molecule has 0 spiro atoms. The molecular weight excluding hydrogens is 242 g/mol. The van der Waals surface area contributed by atoms with Crippen molar-refractivity contribution in [2.45, 2.75) is 25.3 Å². The predicted octanol–water partition coefficient (Wildman–Crippen LogP) is 1.09. The van der Waals surface area contributed by atoms with Gasteiger partial charge in [-0.2, -0.15) is 0 Å². The van der Waals surface area contributed by atoms with E-state index in [9.17, 15) is 0 Å². The van der Waals surface area contributed by atoms with Crippen LogP contribution in [-0.2, 0) is 4.74 Å². The molecule has 0 aliphatic carbocycles. The van der Waals surface area contributed by atoms with Crippen LogP contribution in [0.25, 0.3) is 0 Å². The molecule has 1 atom stereocenters. The fourth-order valence-corrected chi connectivity index (χ4v) is 2.15. The molecule has 0 saturated carbocycles. The zero-order valence-corrected chi connectivity index (χ0v) is 11.5. The molecule has 1 aromatic rings. The highest BCUT2D eigenvalue weighted by atomic mass is 16.5. The lowest BCUT2D eigenvalue weighted by Gasteiger charge is -2.24. The molecule has 2 heterocycles. The van der Waals surface area contributed by atoms with E-state index >= 15 is 0 Å². The molecule has 0 aromatic carbocycles. The van der Waals surface area contributed by atoms with Crippen molar-refractivity contribution in [3.05, 3.63) is 12.4 Å². The molecule has 0 bridgehead atoms. The summed E-state index contributed by atoms with van der Waals surface area (Å²) in [5.41, 5.74) is 0. The maximum absolute atomic E-state index is 5.01. The Morgan fingerprint density at radius 2 is 2.32 bits per heavy atom. The number of ether oxygens (including phenoxy) is 1. The van der Waals surface area contributed by atoms with Crippen LogP contribution in [0.15, 0.2) is 12.4 Å². The van der Waals surface area contributed by atoms with Crippen molar-refractivity contribution in [3.63, 3.8) is 0 Å². The standard InChI is InChI=1S/C13H23N5O/c1-19-7-3-6-15-12-8-13(17-10-16-12)18-11-4-2-5-14-9-11/h8,10-11,14H,2-7,9H2,1H3,(H2,15,16,17,18). The maximum atomic E-state index is 5.01. The van der Waals surface area contributed by atoms with Gasteiger partial charge < -0.3 is 20.7 Å². The van der Waals surface area contributed by atoms with E-state index in [0.29, 0.717) is 6.04 Å². The first-order valence-corrected chi connectivity index (χ1v) is 6.90. The Labute approximate surface area is 114 Å². The average molecular weight is 265 g/mol. The Bertz CT molecular complexity index is 368. The van der Waals surface area contributed by atoms with Gasteiger partial charge in [-0.15, -0.1) is 0 Å². The quantitative estimate of drug-likeness (QED) is 0.641. The van der Waals surface area contributed by atoms with Crippen LogP contribution in [0.4, 0.5) is 11.6 Å². The van der Waals surface area contributed by atoms with Crippen LogP contribution in [0.2, 0.25) is 0 Å². The molecule has 0 radical (unpaired) electrons. The van der Waals surface area contributed by atoms with Gasteiger partial charge in [0, 0.05) is 38.9 Å². The molecule has 1 fully saturated rings. The monoisotopic (exact) mass is 265 g/mol. The largest absolute Gasteiger partial charge is 0.385 e. The highest BCUT2D eigenvalue weighted by Crippen LogP contribution is 2.12. The van der Waals surface area contributed by atoms with E-state index in [1.54, 1.807) is 13.4 Å². The lowest BCUT2D eigenvalue weighted by Crippen LogP contribution is -2.38. The Kier molecular flexibility index (Phi) is 5.84. The van der Waals surface area contributed by atoms with Crippen molar-refractivity contribution in [1.29, 1.82) is 0 Å². The predicted molar refractivity (Wildman–Crippen MR) is 76.5 cm³/mol. The minimum atomic E-state index is 0.463. The van der Waals surface area contributed by atoms with Crippen molar-refractivity contribution in [2.24, 2.45) is 0 Å². The molecule has 1 saturated heterocycles. The third-order valence-electron chi connectivity index (χ3n) is 3.15. The molecule has 106 valence electrons. The number of nitrogens with zero attached hydrogens (tertiary/aromatic N) is 2. The summed E-state index contributed by atoms with van der Waals surface area (Å²) in [6, 6.07) is 2.42. The second kappa shape index (κ2) is 7.91. The van der Waals surface area contributed by atoms with Crippen molar-refractivity contribution in [1.82, 2.24) is 15.3 Å². The van der Waals surface area contributed by atoms with Gasteiger partial charge in [0.05, 0.1) is 0 Å². The molecule has 0 amide bonds. The van der Waals surface area contributed by atoms with Gasteiger partial charge in [0.1, 0.15) is 18.0 Å². The average Bonchev–Trinajstić information content (AvgIpc) is 2.45. The van der Waals surface area contributed by atoms with E-state index in [4.69, 9.17) is 4.74 Å². The van der Waals surface area contributed by atoms with Gasteiger partial charge in [-0.3, -0.25) is 0 Å². The highest BCUT2D eigenvalue weighted by Gasteiger charge is 2.12. The summed E-state index contributed by atoms with van der Waals surface area (Å²) >= 11 is 0. The zero-order chi connectivity index (χ0) is 13.3. The van der Waals surface area contributed by atoms with Crippen LogP contribution >= 0.6 is 0 Å². The minimum absolute atomic E-state index is 0.463. The summed E-state index contributed by atoms with van der Waals surface area (Å²) in [6.45, 7) is 3.74. The van der Waals surface area contributed by atoms with Crippen molar-refractivity contribution >= 4 is 11.6 Å². The maximum Gasteiger partial charge on any atom is 0.131 e. The SMILES string of the molecule is COCCCNc1cc(NC2CCCNC2)ncn1. The number of hydrogen-bond acceptors (Lipinski definition) is 6. The molecule has 1 unspecified atom stereocenters. The van der Waals surface area contributed by atoms with Crippen LogP contribution in [0.5, 0.6) is 0 Å². The second-order valence-electron chi connectivity index (χ2n) is 4.75. The molecule has 3 N–H and O–H groups in total. The van der Waals surface area contributed by atoms with Gasteiger partial charge in [-0.25, -0.2) is 9.97 Å². The van der Waals surface area contributed by atoms with Gasteiger partial charge in [0.25, 0.3) is 0 Å². The summed E-state index contributed by atoms with van der Waals surface area (Å²) in [7, 11) is 1.71. The Morgan fingerprint density at radius 1 is 1.42 bits per heavy atom. The zero-order valence-electron chi connectivity index (χ0n) is 11.5. The number of hydrogen-bond donors (Lipinski definition) is 3. The number of anilines is 2. The van der Waals surface area contributed by atoms with Gasteiger partial charge in [-0.1, -0.05) is 0 Å². The van der Waals surface area contributed by atoms with Crippen LogP contribution < -0.4 is 16.0 Å². The van der Waals surface area contributed by atoms with Gasteiger partial charge in [0.15, 0.2) is 0 Å². The summed E-state index contributed by atoms with van der Waals surface area (Å²) in [4.78, 5) is 8.47. The molecule has 1 aliphatic rings. The van der Waals surface area contributed by atoms with Crippen LogP contribution in [0.3, 0.4) is 0 Å². The van der Waals surface area contributed by atoms with Crippen molar-refractivity contribution < 1.29 is 4.74 Å². The molecule has 6 nitrogen and oxygen atoms in total. The van der Waals surface area contributed by atoms with Crippen LogP contribution in [0, 0.1) is 0 Å². The van der Waals surface area contributed by atoms with E-state index in [1.807, 2.05) is 6.07 Å². The number of rotatable bonds is 7. The molecule has 6 heteroatoms. The van der Waals surface area contributed by atoms with Gasteiger partial charge >= 0.3 is 0 Å². The number of piperidine rings is 1. The number of nitrogens with one attached hydrogen (secondary N) is 3. The summed E-state index contributed by atoms with van der Waals surface area (Å²) in [5.74, 6) is 1.75. The molecule has 2 rings (SSSR count). The first kappa shape index (κ1) is 14.0. The number of methoxy groups -OCH3 is 1. The lowest BCUT2D eigenvalue weighted by atomic mass is 10.1. The summed E-state index contributed by atoms with van der Waals surface area (Å²) in [5, 5.41) is 10.1. The molecular formula is C13H23N5O.